The molecule has 2 fully saturated rings. The summed E-state index contributed by atoms with van der Waals surface area (Å²) < 4.78 is 5.42. The average molecular weight is 294 g/mol. The Labute approximate surface area is 126 Å². The number of unbranched alkanes of at least 4 members (excludes halogenated alkanes) is 1. The van der Waals surface area contributed by atoms with Gasteiger partial charge in [-0.3, -0.25) is 9.59 Å². The molecule has 4 nitrogen and oxygen atoms in total. The summed E-state index contributed by atoms with van der Waals surface area (Å²) in [5.74, 6) is -1.11. The van der Waals surface area contributed by atoms with Gasteiger partial charge in [0.2, 0.25) is 0 Å². The van der Waals surface area contributed by atoms with E-state index in [0.717, 1.165) is 51.4 Å². The SMILES string of the molecule is C=CCCC[C@@H]1C[C@H]1OC(=O)C[C@H](C(=O)O)C1CCCC1. The number of carboxylic acid groups (broad SMARTS) is 1. The second kappa shape index (κ2) is 7.62. The highest BCUT2D eigenvalue weighted by atomic mass is 16.5. The predicted molar refractivity (Wildman–Crippen MR) is 79.7 cm³/mol. The second-order valence-electron chi connectivity index (χ2n) is 6.44. The lowest BCUT2D eigenvalue weighted by Gasteiger charge is -2.18. The molecule has 4 heteroatoms. The number of hydrogen-bond acceptors (Lipinski definition) is 3. The number of esters is 1. The first kappa shape index (κ1) is 16.1. The van der Waals surface area contributed by atoms with Crippen molar-refractivity contribution in [2.45, 2.75) is 63.9 Å². The Morgan fingerprint density at radius 1 is 1.33 bits per heavy atom. The van der Waals surface area contributed by atoms with Crippen LogP contribution in [0.2, 0.25) is 0 Å². The molecule has 0 spiro atoms. The van der Waals surface area contributed by atoms with Gasteiger partial charge < -0.3 is 9.84 Å². The Morgan fingerprint density at radius 3 is 2.67 bits per heavy atom. The van der Waals surface area contributed by atoms with Gasteiger partial charge in [0.25, 0.3) is 0 Å². The number of carbonyl (C=O) groups excluding carboxylic acids is 1. The summed E-state index contributed by atoms with van der Waals surface area (Å²) >= 11 is 0. The summed E-state index contributed by atoms with van der Waals surface area (Å²) in [5.41, 5.74) is 0. The van der Waals surface area contributed by atoms with E-state index in [-0.39, 0.29) is 24.4 Å². The number of ether oxygens (including phenoxy) is 1. The van der Waals surface area contributed by atoms with Gasteiger partial charge >= 0.3 is 11.9 Å². The number of carbonyl (C=O) groups is 2. The van der Waals surface area contributed by atoms with E-state index in [1.54, 1.807) is 0 Å². The van der Waals surface area contributed by atoms with Crippen molar-refractivity contribution >= 4 is 11.9 Å². The molecule has 2 rings (SSSR count). The zero-order chi connectivity index (χ0) is 15.2. The molecule has 0 saturated heterocycles. The van der Waals surface area contributed by atoms with Crippen LogP contribution in [0.5, 0.6) is 0 Å². The predicted octanol–water partition coefficient (Wildman–Crippen LogP) is 3.56. The Balaban J connectivity index is 1.71. The molecule has 21 heavy (non-hydrogen) atoms. The van der Waals surface area contributed by atoms with Crippen LogP contribution in [0.1, 0.15) is 57.8 Å². The minimum Gasteiger partial charge on any atom is -0.481 e. The number of hydrogen-bond donors (Lipinski definition) is 1. The smallest absolute Gasteiger partial charge is 0.307 e. The minimum absolute atomic E-state index is 0.0281. The minimum atomic E-state index is -0.850. The molecular weight excluding hydrogens is 268 g/mol. The summed E-state index contributed by atoms with van der Waals surface area (Å²) in [4.78, 5) is 23.3. The zero-order valence-corrected chi connectivity index (χ0v) is 12.6. The van der Waals surface area contributed by atoms with E-state index in [9.17, 15) is 14.7 Å². The van der Waals surface area contributed by atoms with Crippen molar-refractivity contribution in [2.75, 3.05) is 0 Å². The first-order valence-corrected chi connectivity index (χ1v) is 8.15. The van der Waals surface area contributed by atoms with E-state index in [1.807, 2.05) is 6.08 Å². The summed E-state index contributed by atoms with van der Waals surface area (Å²) in [7, 11) is 0. The third-order valence-electron chi connectivity index (χ3n) is 4.80. The maximum Gasteiger partial charge on any atom is 0.307 e. The summed E-state index contributed by atoms with van der Waals surface area (Å²) in [6.45, 7) is 3.69. The standard InChI is InChI=1S/C17H26O4/c1-2-3-4-9-13-10-15(13)21-16(18)11-14(17(19)20)12-7-5-6-8-12/h2,12-15H,1,3-11H2,(H,19,20)/t13-,14+,15-/m1/s1. The van der Waals surface area contributed by atoms with Gasteiger partial charge in [-0.05, 0) is 50.4 Å². The van der Waals surface area contributed by atoms with Crippen LogP contribution >= 0.6 is 0 Å². The molecule has 0 bridgehead atoms. The Hall–Kier alpha value is -1.32. The normalized spacial score (nSPS) is 26.3. The summed E-state index contributed by atoms with van der Waals surface area (Å²) in [5, 5.41) is 9.31. The highest BCUT2D eigenvalue weighted by Crippen LogP contribution is 2.39. The van der Waals surface area contributed by atoms with Crippen molar-refractivity contribution in [1.82, 2.24) is 0 Å². The molecule has 3 atom stereocenters. The molecule has 0 aliphatic heterocycles. The molecule has 0 heterocycles. The Bertz CT molecular complexity index is 384. The van der Waals surface area contributed by atoms with Crippen LogP contribution in [0.4, 0.5) is 0 Å². The van der Waals surface area contributed by atoms with Crippen molar-refractivity contribution in [2.24, 2.45) is 17.8 Å². The van der Waals surface area contributed by atoms with Crippen LogP contribution in [0.25, 0.3) is 0 Å². The molecular formula is C17H26O4. The molecule has 1 N–H and O–H groups in total. The van der Waals surface area contributed by atoms with Crippen molar-refractivity contribution in [3.63, 3.8) is 0 Å². The maximum absolute atomic E-state index is 11.9. The highest BCUT2D eigenvalue weighted by Gasteiger charge is 2.41. The number of aliphatic carboxylic acids is 1. The van der Waals surface area contributed by atoms with Crippen molar-refractivity contribution in [1.29, 1.82) is 0 Å². The van der Waals surface area contributed by atoms with Crippen LogP contribution in [-0.4, -0.2) is 23.1 Å². The largest absolute Gasteiger partial charge is 0.481 e. The molecule has 118 valence electrons. The summed E-state index contributed by atoms with van der Waals surface area (Å²) in [6, 6.07) is 0. The molecule has 0 aromatic carbocycles. The van der Waals surface area contributed by atoms with Crippen LogP contribution in [0, 0.1) is 17.8 Å². The number of carboxylic acids is 1. The van der Waals surface area contributed by atoms with Gasteiger partial charge in [0.1, 0.15) is 6.10 Å². The van der Waals surface area contributed by atoms with Gasteiger partial charge in [0, 0.05) is 0 Å². The van der Waals surface area contributed by atoms with Crippen LogP contribution in [0.15, 0.2) is 12.7 Å². The fraction of sp³-hybridized carbons (Fsp3) is 0.765. The van der Waals surface area contributed by atoms with Gasteiger partial charge in [-0.2, -0.15) is 0 Å². The Kier molecular flexibility index (Phi) is 5.83. The topological polar surface area (TPSA) is 63.6 Å². The van der Waals surface area contributed by atoms with E-state index in [4.69, 9.17) is 4.74 Å². The first-order valence-electron chi connectivity index (χ1n) is 8.15. The number of rotatable bonds is 9. The van der Waals surface area contributed by atoms with Crippen LogP contribution in [-0.2, 0) is 14.3 Å². The second-order valence-corrected chi connectivity index (χ2v) is 6.44. The lowest BCUT2D eigenvalue weighted by molar-refractivity contribution is -0.154. The van der Waals surface area contributed by atoms with Gasteiger partial charge in [-0.1, -0.05) is 18.9 Å². The van der Waals surface area contributed by atoms with Crippen molar-refractivity contribution in [3.8, 4) is 0 Å². The molecule has 2 aliphatic carbocycles. The molecule has 2 aliphatic rings. The van der Waals surface area contributed by atoms with E-state index in [1.165, 1.54) is 0 Å². The maximum atomic E-state index is 11.9. The van der Waals surface area contributed by atoms with Gasteiger partial charge in [-0.25, -0.2) is 0 Å². The van der Waals surface area contributed by atoms with Crippen LogP contribution < -0.4 is 0 Å². The average Bonchev–Trinajstić information content (AvgIpc) is 2.95. The fourth-order valence-electron chi connectivity index (χ4n) is 3.40. The molecule has 2 saturated carbocycles. The van der Waals surface area contributed by atoms with E-state index in [2.05, 4.69) is 6.58 Å². The monoisotopic (exact) mass is 294 g/mol. The van der Waals surface area contributed by atoms with Crippen molar-refractivity contribution in [3.05, 3.63) is 12.7 Å². The first-order chi connectivity index (χ1) is 10.1. The molecule has 0 amide bonds. The molecule has 0 radical (unpaired) electrons. The van der Waals surface area contributed by atoms with Gasteiger partial charge in [-0.15, -0.1) is 6.58 Å². The lowest BCUT2D eigenvalue weighted by atomic mass is 9.88. The Morgan fingerprint density at radius 2 is 2.05 bits per heavy atom. The van der Waals surface area contributed by atoms with Crippen LogP contribution in [0.3, 0.4) is 0 Å². The van der Waals surface area contributed by atoms with Gasteiger partial charge in [0.15, 0.2) is 0 Å². The fourth-order valence-corrected chi connectivity index (χ4v) is 3.40. The lowest BCUT2D eigenvalue weighted by Crippen LogP contribution is -2.26. The van der Waals surface area contributed by atoms with E-state index >= 15 is 0 Å². The third-order valence-corrected chi connectivity index (χ3v) is 4.80. The molecule has 0 aromatic rings. The highest BCUT2D eigenvalue weighted by molar-refractivity contribution is 5.79. The summed E-state index contributed by atoms with van der Waals surface area (Å²) in [6.07, 6.45) is 10.1. The van der Waals surface area contributed by atoms with E-state index in [0.29, 0.717) is 5.92 Å². The van der Waals surface area contributed by atoms with Crippen molar-refractivity contribution < 1.29 is 19.4 Å². The molecule has 0 unspecified atom stereocenters. The molecule has 0 aromatic heterocycles. The number of allylic oxidation sites excluding steroid dienone is 1. The quantitative estimate of drug-likeness (QED) is 0.401. The van der Waals surface area contributed by atoms with E-state index < -0.39 is 11.9 Å². The van der Waals surface area contributed by atoms with Gasteiger partial charge in [0.05, 0.1) is 12.3 Å². The zero-order valence-electron chi connectivity index (χ0n) is 12.6. The third kappa shape index (κ3) is 4.87.